The number of H-pyrrole nitrogens is 1. The summed E-state index contributed by atoms with van der Waals surface area (Å²) in [5.41, 5.74) is 8.56. The second-order valence-corrected chi connectivity index (χ2v) is 7.38. The van der Waals surface area contributed by atoms with Gasteiger partial charge in [0.05, 0.1) is 11.9 Å². The number of benzene rings is 1. The monoisotopic (exact) mass is 378 g/mol. The van der Waals surface area contributed by atoms with Crippen molar-refractivity contribution in [3.8, 4) is 28.1 Å². The van der Waals surface area contributed by atoms with Crippen LogP contribution in [0.4, 0.5) is 5.82 Å². The van der Waals surface area contributed by atoms with Crippen LogP contribution in [0.2, 0.25) is 0 Å². The lowest BCUT2D eigenvalue weighted by molar-refractivity contribution is 0.418. The highest BCUT2D eigenvalue weighted by Gasteiger charge is 2.15. The zero-order valence-corrected chi connectivity index (χ0v) is 15.9. The number of hydrogen-bond donors (Lipinski definition) is 3. The molecule has 1 saturated heterocycles. The summed E-state index contributed by atoms with van der Waals surface area (Å²) in [5, 5.41) is 25.6. The molecular formula is C21H26N6O. The fourth-order valence-electron chi connectivity index (χ4n) is 3.36. The van der Waals surface area contributed by atoms with Gasteiger partial charge >= 0.3 is 0 Å². The minimum Gasteiger partial charge on any atom is -0.507 e. The Morgan fingerprint density at radius 2 is 1.79 bits per heavy atom. The number of nitrogens with two attached hydrogens (primary N) is 1. The summed E-state index contributed by atoms with van der Waals surface area (Å²) >= 11 is 0. The van der Waals surface area contributed by atoms with E-state index in [0.717, 1.165) is 30.0 Å². The molecule has 5 rings (SSSR count). The first-order chi connectivity index (χ1) is 13.7. The molecule has 1 saturated carbocycles. The molecule has 0 amide bonds. The summed E-state index contributed by atoms with van der Waals surface area (Å²) in [6.07, 6.45) is 9.82. The minimum atomic E-state index is 0.187. The molecule has 0 spiro atoms. The summed E-state index contributed by atoms with van der Waals surface area (Å²) in [4.78, 5) is 2.23. The molecule has 7 heteroatoms. The van der Waals surface area contributed by atoms with Crippen LogP contribution in [0, 0.1) is 0 Å². The quantitative estimate of drug-likeness (QED) is 0.646. The van der Waals surface area contributed by atoms with Crippen molar-refractivity contribution < 1.29 is 5.11 Å². The Labute approximate surface area is 164 Å². The average Bonchev–Trinajstić information content (AvgIpc) is 3.41. The van der Waals surface area contributed by atoms with Crippen molar-refractivity contribution in [3.05, 3.63) is 42.7 Å². The van der Waals surface area contributed by atoms with Crippen molar-refractivity contribution in [2.45, 2.75) is 38.1 Å². The number of hydrogen-bond acceptors (Lipinski definition) is 6. The van der Waals surface area contributed by atoms with Gasteiger partial charge in [-0.2, -0.15) is 5.10 Å². The van der Waals surface area contributed by atoms with E-state index < -0.39 is 0 Å². The van der Waals surface area contributed by atoms with Gasteiger partial charge in [-0.3, -0.25) is 5.10 Å². The number of nitrogens with one attached hydrogen (secondary N) is 1. The van der Waals surface area contributed by atoms with Gasteiger partial charge in [0, 0.05) is 36.5 Å². The molecule has 1 aliphatic heterocycles. The first kappa shape index (κ1) is 18.4. The summed E-state index contributed by atoms with van der Waals surface area (Å²) in [6, 6.07) is 9.96. The lowest BCUT2D eigenvalue weighted by Gasteiger charge is -2.18. The molecule has 0 atom stereocenters. The topological polar surface area (TPSA) is 104 Å². The van der Waals surface area contributed by atoms with Gasteiger partial charge in [-0.25, -0.2) is 0 Å². The second kappa shape index (κ2) is 8.39. The average molecular weight is 378 g/mol. The van der Waals surface area contributed by atoms with E-state index in [4.69, 9.17) is 5.73 Å². The Bertz CT molecular complexity index is 884. The van der Waals surface area contributed by atoms with Gasteiger partial charge in [-0.1, -0.05) is 12.5 Å². The van der Waals surface area contributed by atoms with Crippen LogP contribution in [0.25, 0.3) is 22.4 Å². The second-order valence-electron chi connectivity index (χ2n) is 7.38. The number of rotatable bonds is 3. The van der Waals surface area contributed by atoms with Crippen molar-refractivity contribution in [3.63, 3.8) is 0 Å². The predicted octanol–water partition coefficient (Wildman–Crippen LogP) is 3.34. The zero-order valence-electron chi connectivity index (χ0n) is 15.9. The molecule has 28 heavy (non-hydrogen) atoms. The van der Waals surface area contributed by atoms with E-state index in [1.54, 1.807) is 18.5 Å². The van der Waals surface area contributed by atoms with Crippen molar-refractivity contribution in [1.29, 1.82) is 0 Å². The zero-order chi connectivity index (χ0) is 19.3. The van der Waals surface area contributed by atoms with E-state index in [0.29, 0.717) is 17.3 Å². The third kappa shape index (κ3) is 4.14. The number of phenols is 1. The van der Waals surface area contributed by atoms with Crippen LogP contribution in [0.3, 0.4) is 0 Å². The summed E-state index contributed by atoms with van der Waals surface area (Å²) in [7, 11) is 0. The van der Waals surface area contributed by atoms with Crippen LogP contribution >= 0.6 is 0 Å². The van der Waals surface area contributed by atoms with Gasteiger partial charge < -0.3 is 15.7 Å². The van der Waals surface area contributed by atoms with Crippen LogP contribution < -0.4 is 10.6 Å². The Balaban J connectivity index is 0.000000336. The third-order valence-electron chi connectivity index (χ3n) is 5.34. The molecule has 146 valence electrons. The number of phenolic OH excluding ortho intramolecular Hbond substituents is 1. The maximum absolute atomic E-state index is 10.3. The molecular weight excluding hydrogens is 352 g/mol. The van der Waals surface area contributed by atoms with Crippen molar-refractivity contribution in [2.75, 3.05) is 18.0 Å². The van der Waals surface area contributed by atoms with Crippen LogP contribution in [0.15, 0.2) is 42.7 Å². The smallest absolute Gasteiger partial charge is 0.151 e. The van der Waals surface area contributed by atoms with Crippen LogP contribution in [-0.4, -0.2) is 44.6 Å². The molecule has 1 aliphatic carbocycles. The number of aromatic nitrogens is 4. The molecule has 3 heterocycles. The van der Waals surface area contributed by atoms with E-state index in [9.17, 15) is 5.11 Å². The Kier molecular flexibility index (Phi) is 5.53. The molecule has 0 unspecified atom stereocenters. The van der Waals surface area contributed by atoms with Crippen LogP contribution in [0.1, 0.15) is 32.1 Å². The Morgan fingerprint density at radius 3 is 2.32 bits per heavy atom. The SMILES string of the molecule is NC1CCC1.Oc1cc(-c2cn[nH]c2)ccc1-c1ccc(N2CCCC2)nn1. The van der Waals surface area contributed by atoms with E-state index in [-0.39, 0.29) is 5.75 Å². The van der Waals surface area contributed by atoms with Crippen molar-refractivity contribution in [2.24, 2.45) is 5.73 Å². The maximum Gasteiger partial charge on any atom is 0.151 e. The van der Waals surface area contributed by atoms with Crippen LogP contribution in [-0.2, 0) is 0 Å². The first-order valence-electron chi connectivity index (χ1n) is 9.87. The number of nitrogens with zero attached hydrogens (tertiary/aromatic N) is 4. The van der Waals surface area contributed by atoms with Gasteiger partial charge in [0.15, 0.2) is 5.82 Å². The lowest BCUT2D eigenvalue weighted by Crippen LogP contribution is -2.27. The molecule has 2 aromatic heterocycles. The molecule has 4 N–H and O–H groups in total. The predicted molar refractivity (Wildman–Crippen MR) is 110 cm³/mol. The van der Waals surface area contributed by atoms with Gasteiger partial charge in [-0.05, 0) is 55.5 Å². The number of anilines is 1. The molecule has 2 aliphatic rings. The van der Waals surface area contributed by atoms with Gasteiger partial charge in [0.1, 0.15) is 5.75 Å². The van der Waals surface area contributed by atoms with Gasteiger partial charge in [0.2, 0.25) is 0 Å². The fraction of sp³-hybridized carbons (Fsp3) is 0.381. The Hall–Kier alpha value is -2.93. The largest absolute Gasteiger partial charge is 0.507 e. The molecule has 0 bridgehead atoms. The molecule has 2 fully saturated rings. The first-order valence-corrected chi connectivity index (χ1v) is 9.87. The molecule has 7 nitrogen and oxygen atoms in total. The third-order valence-corrected chi connectivity index (χ3v) is 5.34. The fourth-order valence-corrected chi connectivity index (χ4v) is 3.36. The summed E-state index contributed by atoms with van der Waals surface area (Å²) in [6.45, 7) is 2.08. The normalized spacial score (nSPS) is 16.4. The van der Waals surface area contributed by atoms with Crippen molar-refractivity contribution >= 4 is 5.82 Å². The van der Waals surface area contributed by atoms with Gasteiger partial charge in [-0.15, -0.1) is 10.2 Å². The standard InChI is InChI=1S/C17H17N5O.C4H9N/c23-16-9-12(13-10-18-19-11-13)3-4-14(16)15-5-6-17(21-20-15)22-7-1-2-8-22;5-4-2-1-3-4/h3-6,9-11,23H,1-2,7-8H2,(H,18,19);4H,1-3,5H2. The number of aromatic amines is 1. The van der Waals surface area contributed by atoms with E-state index >= 15 is 0 Å². The number of aromatic hydroxyl groups is 1. The van der Waals surface area contributed by atoms with E-state index in [2.05, 4.69) is 25.3 Å². The van der Waals surface area contributed by atoms with Crippen molar-refractivity contribution in [1.82, 2.24) is 20.4 Å². The van der Waals surface area contributed by atoms with Crippen LogP contribution in [0.5, 0.6) is 5.75 Å². The summed E-state index contributed by atoms with van der Waals surface area (Å²) in [5.74, 6) is 1.09. The van der Waals surface area contributed by atoms with E-state index in [1.165, 1.54) is 32.1 Å². The Morgan fingerprint density at radius 1 is 1.00 bits per heavy atom. The highest BCUT2D eigenvalue weighted by molar-refractivity contribution is 5.73. The molecule has 3 aromatic rings. The van der Waals surface area contributed by atoms with E-state index in [1.807, 2.05) is 24.3 Å². The highest BCUT2D eigenvalue weighted by atomic mass is 16.3. The molecule has 0 radical (unpaired) electrons. The minimum absolute atomic E-state index is 0.187. The maximum atomic E-state index is 10.3. The van der Waals surface area contributed by atoms with Gasteiger partial charge in [0.25, 0.3) is 0 Å². The summed E-state index contributed by atoms with van der Waals surface area (Å²) < 4.78 is 0. The highest BCUT2D eigenvalue weighted by Crippen LogP contribution is 2.32. The molecule has 1 aromatic carbocycles. The lowest BCUT2D eigenvalue weighted by atomic mass is 9.95.